The maximum atomic E-state index is 3.62. The predicted molar refractivity (Wildman–Crippen MR) is 216 cm³/mol. The first-order chi connectivity index (χ1) is 25.3. The van der Waals surface area contributed by atoms with Gasteiger partial charge < -0.3 is 9.47 Å². The van der Waals surface area contributed by atoms with Crippen molar-refractivity contribution in [2.75, 3.05) is 4.90 Å². The van der Waals surface area contributed by atoms with E-state index < -0.39 is 0 Å². The van der Waals surface area contributed by atoms with E-state index in [4.69, 9.17) is 0 Å². The van der Waals surface area contributed by atoms with Gasteiger partial charge in [0, 0.05) is 33.3 Å². The van der Waals surface area contributed by atoms with Crippen LogP contribution in [-0.2, 0) is 0 Å². The average molecular weight is 647 g/mol. The number of rotatable bonds is 4. The van der Waals surface area contributed by atoms with Crippen molar-refractivity contribution in [3.8, 4) is 16.8 Å². The third-order valence-electron chi connectivity index (χ3n) is 10.7. The zero-order valence-electron chi connectivity index (χ0n) is 27.7. The molecule has 1 aromatic heterocycles. The summed E-state index contributed by atoms with van der Waals surface area (Å²) in [5, 5.41) is 10.4. The van der Waals surface area contributed by atoms with E-state index in [-0.39, 0.29) is 0 Å². The van der Waals surface area contributed by atoms with Crippen molar-refractivity contribution in [3.05, 3.63) is 193 Å². The van der Waals surface area contributed by atoms with Crippen LogP contribution in [0.3, 0.4) is 0 Å². The number of nitrogens with zero attached hydrogens (tertiary/aromatic N) is 2. The number of aromatic nitrogens is 1. The SMILES string of the molecule is C1=Cc2ccccc2N(c2ccccc2)C=1c1ccc(-c2ccc3ccc4c5c(ccc2c35)cc2c4c3ccccc3n2-c2ccccc2)cc1. The van der Waals surface area contributed by atoms with E-state index in [1.807, 2.05) is 0 Å². The van der Waals surface area contributed by atoms with Crippen molar-refractivity contribution in [3.63, 3.8) is 0 Å². The smallest absolute Gasteiger partial charge is 0.0964 e. The minimum atomic E-state index is 1.04. The molecular formula is C49H30N2. The van der Waals surface area contributed by atoms with Gasteiger partial charge in [-0.3, -0.25) is 0 Å². The van der Waals surface area contributed by atoms with E-state index in [0.717, 1.165) is 28.2 Å². The number of fused-ring (bicyclic) bond motifs is 5. The molecule has 0 bridgehead atoms. The topological polar surface area (TPSA) is 8.17 Å². The average Bonchev–Trinajstić information content (AvgIpc) is 3.54. The van der Waals surface area contributed by atoms with Crippen LogP contribution in [0.1, 0.15) is 11.1 Å². The van der Waals surface area contributed by atoms with Gasteiger partial charge in [0.2, 0.25) is 0 Å². The first kappa shape index (κ1) is 28.0. The van der Waals surface area contributed by atoms with Gasteiger partial charge in [0.25, 0.3) is 0 Å². The Hall–Kier alpha value is -6.86. The van der Waals surface area contributed by atoms with Crippen LogP contribution in [0.25, 0.3) is 82.7 Å². The Morgan fingerprint density at radius 1 is 0.412 bits per heavy atom. The quantitative estimate of drug-likeness (QED) is 0.136. The minimum Gasteiger partial charge on any atom is -0.309 e. The van der Waals surface area contributed by atoms with Gasteiger partial charge in [-0.05, 0) is 92.0 Å². The molecule has 10 aromatic rings. The molecule has 51 heavy (non-hydrogen) atoms. The predicted octanol–water partition coefficient (Wildman–Crippen LogP) is 13.2. The molecule has 11 rings (SSSR count). The molecule has 0 atom stereocenters. The highest BCUT2D eigenvalue weighted by molar-refractivity contribution is 6.34. The Bertz CT molecular complexity index is 3030. The van der Waals surface area contributed by atoms with E-state index in [2.05, 4.69) is 197 Å². The largest absolute Gasteiger partial charge is 0.309 e. The Morgan fingerprint density at radius 3 is 1.90 bits per heavy atom. The molecule has 0 fully saturated rings. The van der Waals surface area contributed by atoms with Crippen LogP contribution < -0.4 is 4.90 Å². The van der Waals surface area contributed by atoms with Gasteiger partial charge >= 0.3 is 0 Å². The standard InChI is InChI=1S/C49H30N2/c1-3-12-37(13-4-1)50-43-17-9-7-11-33(43)26-30-44(50)34-21-19-32(20-22-34)39-27-23-35-24-29-42-48-36(25-28-40(39)47(35)48)31-46-49(42)41-16-8-10-18-45(41)51(46)38-14-5-2-6-15-38/h1-29,31H. The molecule has 0 amide bonds. The molecule has 0 saturated carbocycles. The number of anilines is 2. The number of hydrogen-bond donors (Lipinski definition) is 0. The molecule has 1 aliphatic heterocycles. The van der Waals surface area contributed by atoms with Crippen molar-refractivity contribution in [2.24, 2.45) is 0 Å². The lowest BCUT2D eigenvalue weighted by atomic mass is 9.88. The zero-order valence-corrected chi connectivity index (χ0v) is 27.7. The molecule has 0 aliphatic carbocycles. The highest BCUT2D eigenvalue weighted by Gasteiger charge is 2.22. The molecule has 2 nitrogen and oxygen atoms in total. The van der Waals surface area contributed by atoms with Crippen LogP contribution in [0.15, 0.2) is 182 Å². The normalized spacial score (nSPS) is 12.8. The van der Waals surface area contributed by atoms with E-state index in [1.54, 1.807) is 0 Å². The fourth-order valence-corrected chi connectivity index (χ4v) is 8.45. The van der Waals surface area contributed by atoms with Crippen LogP contribution in [0.2, 0.25) is 0 Å². The van der Waals surface area contributed by atoms with E-state index >= 15 is 0 Å². The number of para-hydroxylation sites is 4. The summed E-state index contributed by atoms with van der Waals surface area (Å²) in [6.07, 6.45) is 2.10. The summed E-state index contributed by atoms with van der Waals surface area (Å²) >= 11 is 0. The van der Waals surface area contributed by atoms with Crippen molar-refractivity contribution >= 4 is 77.3 Å². The van der Waals surface area contributed by atoms with Gasteiger partial charge in [-0.2, -0.15) is 0 Å². The van der Waals surface area contributed by atoms with Gasteiger partial charge in [-0.15, -0.1) is 0 Å². The second-order valence-electron chi connectivity index (χ2n) is 13.4. The molecule has 2 heteroatoms. The van der Waals surface area contributed by atoms with Crippen LogP contribution >= 0.6 is 0 Å². The molecular weight excluding hydrogens is 617 g/mol. The molecule has 0 N–H and O–H groups in total. The van der Waals surface area contributed by atoms with Crippen LogP contribution in [0.5, 0.6) is 0 Å². The molecule has 1 aliphatic rings. The second kappa shape index (κ2) is 10.8. The Kier molecular flexibility index (Phi) is 5.95. The Labute approximate surface area is 295 Å². The van der Waals surface area contributed by atoms with Gasteiger partial charge in [0.15, 0.2) is 0 Å². The van der Waals surface area contributed by atoms with Gasteiger partial charge in [0.05, 0.1) is 22.4 Å². The van der Waals surface area contributed by atoms with E-state index in [1.165, 1.54) is 70.9 Å². The minimum absolute atomic E-state index is 1.04. The molecule has 0 saturated heterocycles. The summed E-state index contributed by atoms with van der Waals surface area (Å²) in [6, 6.07) is 64.0. The molecule has 9 aromatic carbocycles. The lowest BCUT2D eigenvalue weighted by Gasteiger charge is -2.30. The molecule has 0 radical (unpaired) electrons. The van der Waals surface area contributed by atoms with Gasteiger partial charge in [0.1, 0.15) is 0 Å². The zero-order chi connectivity index (χ0) is 33.5. The number of benzene rings is 9. The molecule has 236 valence electrons. The first-order valence-corrected chi connectivity index (χ1v) is 17.5. The van der Waals surface area contributed by atoms with Crippen LogP contribution in [0, 0.1) is 0 Å². The fourth-order valence-electron chi connectivity index (χ4n) is 8.45. The second-order valence-corrected chi connectivity index (χ2v) is 13.4. The van der Waals surface area contributed by atoms with Crippen molar-refractivity contribution in [1.82, 2.24) is 4.57 Å². The summed E-state index contributed by atoms with van der Waals surface area (Å²) in [6.45, 7) is 0. The van der Waals surface area contributed by atoms with Crippen LogP contribution in [0.4, 0.5) is 11.4 Å². The molecule has 0 unspecified atom stereocenters. The van der Waals surface area contributed by atoms with E-state index in [9.17, 15) is 0 Å². The highest BCUT2D eigenvalue weighted by atomic mass is 15.2. The molecule has 2 heterocycles. The maximum Gasteiger partial charge on any atom is 0.0964 e. The Morgan fingerprint density at radius 2 is 1.06 bits per heavy atom. The lowest BCUT2D eigenvalue weighted by Crippen LogP contribution is -2.17. The summed E-state index contributed by atoms with van der Waals surface area (Å²) < 4.78 is 2.42. The highest BCUT2D eigenvalue weighted by Crippen LogP contribution is 2.45. The first-order valence-electron chi connectivity index (χ1n) is 17.5. The lowest BCUT2D eigenvalue weighted by molar-refractivity contribution is 1.18. The van der Waals surface area contributed by atoms with Gasteiger partial charge in [-0.1, -0.05) is 139 Å². The van der Waals surface area contributed by atoms with Crippen molar-refractivity contribution in [1.29, 1.82) is 0 Å². The summed E-state index contributed by atoms with van der Waals surface area (Å²) in [7, 11) is 0. The Balaban J connectivity index is 1.09. The maximum absolute atomic E-state index is 3.62. The number of hydrogen-bond acceptors (Lipinski definition) is 1. The fraction of sp³-hybridized carbons (Fsp3) is 0. The van der Waals surface area contributed by atoms with Crippen molar-refractivity contribution < 1.29 is 0 Å². The summed E-state index contributed by atoms with van der Waals surface area (Å²) in [5.74, 6) is 0. The third-order valence-corrected chi connectivity index (χ3v) is 10.7. The third kappa shape index (κ3) is 4.12. The summed E-state index contributed by atoms with van der Waals surface area (Å²) in [5.41, 5.74) is 15.3. The summed E-state index contributed by atoms with van der Waals surface area (Å²) in [4.78, 5) is 2.32. The molecule has 0 spiro atoms. The van der Waals surface area contributed by atoms with Crippen molar-refractivity contribution in [2.45, 2.75) is 0 Å². The van der Waals surface area contributed by atoms with Gasteiger partial charge in [-0.25, -0.2) is 0 Å². The monoisotopic (exact) mass is 646 g/mol. The van der Waals surface area contributed by atoms with E-state index in [0.29, 0.717) is 0 Å². The van der Waals surface area contributed by atoms with Crippen LogP contribution in [-0.4, -0.2) is 4.57 Å².